The lowest BCUT2D eigenvalue weighted by atomic mass is 9.86. The molecule has 8 heteroatoms. The van der Waals surface area contributed by atoms with Gasteiger partial charge in [-0.3, -0.25) is 10.1 Å². The SMILES string of the molecule is Cc1ccc2c(COC(=O)c3c4c(nc5ccccc35)/C(=C\c3cccc([N+](=O)[O-])c3)CCC4)cc(=O)oc2c1C. The Balaban J connectivity index is 1.42. The third-order valence-corrected chi connectivity index (χ3v) is 7.67. The van der Waals surface area contributed by atoms with Gasteiger partial charge < -0.3 is 9.15 Å². The minimum Gasteiger partial charge on any atom is -0.457 e. The first-order valence-corrected chi connectivity index (χ1v) is 13.4. The van der Waals surface area contributed by atoms with Crippen LogP contribution in [-0.2, 0) is 17.8 Å². The number of allylic oxidation sites excluding steroid dienone is 1. The van der Waals surface area contributed by atoms with Gasteiger partial charge in [0.25, 0.3) is 5.69 Å². The number of pyridine rings is 1. The maximum absolute atomic E-state index is 13.8. The third-order valence-electron chi connectivity index (χ3n) is 7.67. The normalized spacial score (nSPS) is 13.9. The number of nitrogens with zero attached hydrogens (tertiary/aromatic N) is 2. The molecule has 0 fully saturated rings. The van der Waals surface area contributed by atoms with Gasteiger partial charge in [0.2, 0.25) is 0 Å². The van der Waals surface area contributed by atoms with Crippen molar-refractivity contribution in [3.63, 3.8) is 0 Å². The zero-order valence-corrected chi connectivity index (χ0v) is 22.6. The molecule has 5 aromatic rings. The number of hydrogen-bond acceptors (Lipinski definition) is 7. The van der Waals surface area contributed by atoms with Crippen molar-refractivity contribution in [3.05, 3.63) is 126 Å². The molecule has 0 N–H and O–H groups in total. The number of carbonyl (C=O) groups excluding carboxylic acids is 1. The van der Waals surface area contributed by atoms with Crippen molar-refractivity contribution in [1.82, 2.24) is 4.98 Å². The van der Waals surface area contributed by atoms with E-state index in [2.05, 4.69) is 0 Å². The fourth-order valence-electron chi connectivity index (χ4n) is 5.50. The number of para-hydroxylation sites is 1. The molecule has 1 aliphatic rings. The lowest BCUT2D eigenvalue weighted by Gasteiger charge is -2.22. The van der Waals surface area contributed by atoms with Crippen LogP contribution in [0.15, 0.2) is 75.9 Å². The first-order valence-electron chi connectivity index (χ1n) is 13.4. The molecule has 0 saturated heterocycles. The second kappa shape index (κ2) is 10.5. The highest BCUT2D eigenvalue weighted by Crippen LogP contribution is 2.37. The van der Waals surface area contributed by atoms with Crippen LogP contribution < -0.4 is 5.63 Å². The Kier molecular flexibility index (Phi) is 6.67. The maximum atomic E-state index is 13.8. The highest BCUT2D eigenvalue weighted by Gasteiger charge is 2.26. The van der Waals surface area contributed by atoms with Crippen LogP contribution in [-0.4, -0.2) is 15.9 Å². The molecular weight excluding hydrogens is 520 g/mol. The van der Waals surface area contributed by atoms with E-state index in [-0.39, 0.29) is 12.3 Å². The van der Waals surface area contributed by atoms with Gasteiger partial charge in [0.15, 0.2) is 0 Å². The van der Waals surface area contributed by atoms with Gasteiger partial charge in [-0.1, -0.05) is 42.5 Å². The van der Waals surface area contributed by atoms with Crippen LogP contribution in [0, 0.1) is 24.0 Å². The first kappa shape index (κ1) is 26.1. The van der Waals surface area contributed by atoms with E-state index in [0.29, 0.717) is 45.3 Å². The van der Waals surface area contributed by atoms with Crippen LogP contribution in [0.25, 0.3) is 33.5 Å². The molecule has 0 saturated carbocycles. The van der Waals surface area contributed by atoms with Crippen molar-refractivity contribution in [1.29, 1.82) is 0 Å². The Morgan fingerprint density at radius 1 is 1.05 bits per heavy atom. The molecule has 0 atom stereocenters. The molecule has 2 heterocycles. The van der Waals surface area contributed by atoms with E-state index in [9.17, 15) is 19.7 Å². The molecule has 0 aliphatic heterocycles. The van der Waals surface area contributed by atoms with E-state index in [1.165, 1.54) is 18.2 Å². The van der Waals surface area contributed by atoms with Crippen LogP contribution in [0.3, 0.4) is 0 Å². The van der Waals surface area contributed by atoms with E-state index in [1.54, 1.807) is 6.07 Å². The van der Waals surface area contributed by atoms with Gasteiger partial charge in [0.1, 0.15) is 12.2 Å². The van der Waals surface area contributed by atoms with Crippen molar-refractivity contribution in [2.75, 3.05) is 0 Å². The monoisotopic (exact) mass is 546 g/mol. The lowest BCUT2D eigenvalue weighted by molar-refractivity contribution is -0.384. The Labute approximate surface area is 235 Å². The Morgan fingerprint density at radius 3 is 2.71 bits per heavy atom. The molecule has 41 heavy (non-hydrogen) atoms. The summed E-state index contributed by atoms with van der Waals surface area (Å²) in [6, 6.07) is 19.1. The van der Waals surface area contributed by atoms with Gasteiger partial charge in [-0.15, -0.1) is 0 Å². The van der Waals surface area contributed by atoms with Gasteiger partial charge in [0.05, 0.1) is 21.7 Å². The summed E-state index contributed by atoms with van der Waals surface area (Å²) in [6.07, 6.45) is 4.05. The number of nitro benzene ring substituents is 1. The Bertz CT molecular complexity index is 1970. The average Bonchev–Trinajstić information content (AvgIpc) is 2.97. The van der Waals surface area contributed by atoms with Crippen LogP contribution in [0.2, 0.25) is 0 Å². The van der Waals surface area contributed by atoms with Crippen molar-refractivity contribution in [3.8, 4) is 0 Å². The number of fused-ring (bicyclic) bond motifs is 3. The summed E-state index contributed by atoms with van der Waals surface area (Å²) in [5.41, 5.74) is 6.65. The molecule has 0 bridgehead atoms. The summed E-state index contributed by atoms with van der Waals surface area (Å²) in [4.78, 5) is 41.9. The summed E-state index contributed by atoms with van der Waals surface area (Å²) in [5.74, 6) is -0.498. The standard InChI is InChI=1S/C33H26N2O6/c1-19-13-14-25-23(17-29(36)41-32(25)20(19)2)18-40-33(37)30-26-10-3-4-12-28(26)34-31-22(8-6-11-27(30)31)15-21-7-5-9-24(16-21)35(38)39/h3-5,7,9-10,12-17H,6,8,11,18H2,1-2H3/b22-15-. The zero-order valence-electron chi connectivity index (χ0n) is 22.6. The summed E-state index contributed by atoms with van der Waals surface area (Å²) in [5, 5.41) is 12.7. The third kappa shape index (κ3) is 4.89. The Hall–Kier alpha value is -5.11. The fourth-order valence-corrected chi connectivity index (χ4v) is 5.50. The van der Waals surface area contributed by atoms with E-state index >= 15 is 0 Å². The molecule has 3 aromatic carbocycles. The molecule has 0 amide bonds. The molecule has 8 nitrogen and oxygen atoms in total. The molecule has 204 valence electrons. The van der Waals surface area contributed by atoms with Crippen molar-refractivity contribution in [2.45, 2.75) is 39.7 Å². The Morgan fingerprint density at radius 2 is 1.88 bits per heavy atom. The largest absolute Gasteiger partial charge is 0.457 e. The maximum Gasteiger partial charge on any atom is 0.339 e. The molecule has 0 spiro atoms. The van der Waals surface area contributed by atoms with Crippen molar-refractivity contribution in [2.24, 2.45) is 0 Å². The van der Waals surface area contributed by atoms with Crippen LogP contribution in [0.1, 0.15) is 56.7 Å². The summed E-state index contributed by atoms with van der Waals surface area (Å²) in [6.45, 7) is 3.75. The quantitative estimate of drug-likeness (QED) is 0.1000. The van der Waals surface area contributed by atoms with Crippen molar-refractivity contribution < 1.29 is 18.9 Å². The first-order chi connectivity index (χ1) is 19.8. The fraction of sp³-hybridized carbons (Fsp3) is 0.182. The molecule has 0 radical (unpaired) electrons. The predicted molar refractivity (Wildman–Crippen MR) is 157 cm³/mol. The predicted octanol–water partition coefficient (Wildman–Crippen LogP) is 7.10. The second-order valence-corrected chi connectivity index (χ2v) is 10.3. The molecule has 6 rings (SSSR count). The average molecular weight is 547 g/mol. The number of esters is 1. The number of carbonyl (C=O) groups is 1. The van der Waals surface area contributed by atoms with E-state index in [0.717, 1.165) is 40.5 Å². The molecule has 2 aromatic heterocycles. The summed E-state index contributed by atoms with van der Waals surface area (Å²) < 4.78 is 11.3. The molecular formula is C33H26N2O6. The van der Waals surface area contributed by atoms with Crippen LogP contribution in [0.5, 0.6) is 0 Å². The van der Waals surface area contributed by atoms with Crippen LogP contribution >= 0.6 is 0 Å². The number of aryl methyl sites for hydroxylation is 2. The summed E-state index contributed by atoms with van der Waals surface area (Å²) >= 11 is 0. The number of hydrogen-bond donors (Lipinski definition) is 0. The lowest BCUT2D eigenvalue weighted by Crippen LogP contribution is -2.16. The van der Waals surface area contributed by atoms with Crippen LogP contribution in [0.4, 0.5) is 5.69 Å². The highest BCUT2D eigenvalue weighted by atomic mass is 16.6. The topological polar surface area (TPSA) is 113 Å². The highest BCUT2D eigenvalue weighted by molar-refractivity contribution is 6.06. The number of aromatic nitrogens is 1. The van der Waals surface area contributed by atoms with Gasteiger partial charge in [-0.05, 0) is 73.1 Å². The number of benzene rings is 3. The smallest absolute Gasteiger partial charge is 0.339 e. The van der Waals surface area contributed by atoms with Gasteiger partial charge in [0, 0.05) is 34.5 Å². The van der Waals surface area contributed by atoms with E-state index < -0.39 is 16.5 Å². The number of non-ortho nitro benzene ring substituents is 1. The number of ether oxygens (including phenoxy) is 1. The molecule has 1 aliphatic carbocycles. The number of rotatable bonds is 5. The van der Waals surface area contributed by atoms with E-state index in [4.69, 9.17) is 14.1 Å². The number of nitro groups is 1. The van der Waals surface area contributed by atoms with Gasteiger partial charge >= 0.3 is 11.6 Å². The van der Waals surface area contributed by atoms with Crippen molar-refractivity contribution >= 4 is 45.2 Å². The van der Waals surface area contributed by atoms with Gasteiger partial charge in [-0.2, -0.15) is 0 Å². The van der Waals surface area contributed by atoms with Gasteiger partial charge in [-0.25, -0.2) is 14.6 Å². The summed E-state index contributed by atoms with van der Waals surface area (Å²) in [7, 11) is 0. The molecule has 0 unspecified atom stereocenters. The minimum absolute atomic E-state index is 0.0129. The minimum atomic E-state index is -0.500. The van der Waals surface area contributed by atoms with E-state index in [1.807, 2.05) is 62.4 Å². The second-order valence-electron chi connectivity index (χ2n) is 10.3. The zero-order chi connectivity index (χ0) is 28.7.